The summed E-state index contributed by atoms with van der Waals surface area (Å²) < 4.78 is 6.96. The molecule has 2 saturated carbocycles. The maximum atomic E-state index is 13.6. The molecule has 194 valence electrons. The summed E-state index contributed by atoms with van der Waals surface area (Å²) in [6.07, 6.45) is 7.26. The second-order valence-corrected chi connectivity index (χ2v) is 11.1. The van der Waals surface area contributed by atoms with E-state index in [1.54, 1.807) is 24.4 Å². The number of nitrogens with one attached hydrogen (secondary N) is 1. The number of carbonyl (C=O) groups is 1. The molecule has 9 heteroatoms. The highest BCUT2D eigenvalue weighted by Gasteiger charge is 2.48. The van der Waals surface area contributed by atoms with E-state index in [1.807, 2.05) is 12.1 Å². The molecule has 0 bridgehead atoms. The van der Waals surface area contributed by atoms with Gasteiger partial charge in [-0.3, -0.25) is 19.1 Å². The maximum absolute atomic E-state index is 13.6. The Hall–Kier alpha value is -2.94. The largest absolute Gasteiger partial charge is 0.506 e. The van der Waals surface area contributed by atoms with Crippen molar-refractivity contribution < 1.29 is 14.6 Å². The number of aromatic hydroxyl groups is 1. The Balaban J connectivity index is 1.37. The van der Waals surface area contributed by atoms with Gasteiger partial charge < -0.3 is 15.2 Å². The van der Waals surface area contributed by atoms with E-state index in [0.717, 1.165) is 37.1 Å². The summed E-state index contributed by atoms with van der Waals surface area (Å²) >= 11 is 6.05. The van der Waals surface area contributed by atoms with Crippen molar-refractivity contribution in [2.45, 2.75) is 44.7 Å². The number of fused-ring (bicyclic) bond motifs is 1. The minimum atomic E-state index is -0.514. The van der Waals surface area contributed by atoms with Crippen LogP contribution in [-0.4, -0.2) is 64.4 Å². The summed E-state index contributed by atoms with van der Waals surface area (Å²) in [5.74, 6) is -0.832. The fourth-order valence-corrected chi connectivity index (χ4v) is 6.15. The number of hydrogen-bond acceptors (Lipinski definition) is 6. The van der Waals surface area contributed by atoms with Crippen LogP contribution < -0.4 is 10.9 Å². The van der Waals surface area contributed by atoms with Crippen molar-refractivity contribution >= 4 is 28.5 Å². The van der Waals surface area contributed by atoms with Crippen LogP contribution in [0.2, 0.25) is 5.02 Å². The fraction of sp³-hybridized carbons (Fsp3) is 0.464. The zero-order chi connectivity index (χ0) is 25.6. The predicted molar refractivity (Wildman–Crippen MR) is 142 cm³/mol. The molecule has 3 heterocycles. The van der Waals surface area contributed by atoms with E-state index in [9.17, 15) is 14.7 Å². The first-order valence-electron chi connectivity index (χ1n) is 13.0. The van der Waals surface area contributed by atoms with E-state index in [1.165, 1.54) is 23.8 Å². The number of nitrogens with zero attached hydrogens (tertiary/aromatic N) is 3. The SMILES string of the molecule is O=C(NC1CC2(CCC2)C1)c1c(O)c2cc(-c3ccc(Cl)cc3)cnc2n(CCN2CCOCC2)c1=O. The summed E-state index contributed by atoms with van der Waals surface area (Å²) in [6, 6.07) is 9.15. The molecule has 3 aromatic rings. The highest BCUT2D eigenvalue weighted by molar-refractivity contribution is 6.30. The lowest BCUT2D eigenvalue weighted by Gasteiger charge is -2.54. The molecular weight excluding hydrogens is 492 g/mol. The first-order valence-corrected chi connectivity index (χ1v) is 13.4. The van der Waals surface area contributed by atoms with Crippen molar-refractivity contribution in [2.24, 2.45) is 5.41 Å². The third kappa shape index (κ3) is 4.62. The van der Waals surface area contributed by atoms with Crippen molar-refractivity contribution in [3.8, 4) is 16.9 Å². The third-order valence-corrected chi connectivity index (χ3v) is 8.58. The van der Waals surface area contributed by atoms with Crippen molar-refractivity contribution in [1.82, 2.24) is 19.8 Å². The second-order valence-electron chi connectivity index (χ2n) is 10.7. The van der Waals surface area contributed by atoms with Gasteiger partial charge in [0.1, 0.15) is 17.0 Å². The van der Waals surface area contributed by atoms with Crippen molar-refractivity contribution in [1.29, 1.82) is 0 Å². The van der Waals surface area contributed by atoms with Gasteiger partial charge in [-0.05, 0) is 54.9 Å². The van der Waals surface area contributed by atoms with E-state index in [0.29, 0.717) is 47.8 Å². The summed E-state index contributed by atoms with van der Waals surface area (Å²) in [5, 5.41) is 15.3. The lowest BCUT2D eigenvalue weighted by Crippen LogP contribution is -2.54. The van der Waals surface area contributed by atoms with Crippen LogP contribution in [0, 0.1) is 5.41 Å². The van der Waals surface area contributed by atoms with E-state index in [2.05, 4.69) is 15.2 Å². The molecule has 2 aromatic heterocycles. The monoisotopic (exact) mass is 522 g/mol. The average molecular weight is 523 g/mol. The van der Waals surface area contributed by atoms with E-state index >= 15 is 0 Å². The quantitative estimate of drug-likeness (QED) is 0.511. The normalized spacial score (nSPS) is 19.5. The molecule has 1 spiro atoms. The molecular formula is C28H31ClN4O4. The summed E-state index contributed by atoms with van der Waals surface area (Å²) in [6.45, 7) is 3.87. The van der Waals surface area contributed by atoms with Crippen LogP contribution in [-0.2, 0) is 11.3 Å². The molecule has 1 amide bonds. The second kappa shape index (κ2) is 9.74. The Labute approximate surface area is 220 Å². The molecule has 0 unspecified atom stereocenters. The summed E-state index contributed by atoms with van der Waals surface area (Å²) in [4.78, 5) is 33.8. The van der Waals surface area contributed by atoms with Gasteiger partial charge in [0.05, 0.1) is 18.6 Å². The van der Waals surface area contributed by atoms with Gasteiger partial charge in [0.15, 0.2) is 0 Å². The first kappa shape index (κ1) is 24.4. The smallest absolute Gasteiger partial charge is 0.268 e. The van der Waals surface area contributed by atoms with E-state index < -0.39 is 11.5 Å². The molecule has 2 N–H and O–H groups in total. The van der Waals surface area contributed by atoms with Crippen LogP contribution >= 0.6 is 11.6 Å². The standard InChI is InChI=1S/C28H31ClN4O4/c29-20-4-2-18(3-5-20)19-14-22-24(34)23(26(35)31-21-15-28(16-21)6-1-7-28)27(36)33(25(22)30-17-19)9-8-32-10-12-37-13-11-32/h2-5,14,17,21,34H,1,6-13,15-16H2,(H,31,35). The number of benzene rings is 1. The van der Waals surface area contributed by atoms with Crippen LogP contribution in [0.4, 0.5) is 0 Å². The molecule has 3 fully saturated rings. The number of halogens is 1. The Kier molecular flexibility index (Phi) is 6.42. The predicted octanol–water partition coefficient (Wildman–Crippen LogP) is 3.82. The molecule has 0 atom stereocenters. The molecule has 37 heavy (non-hydrogen) atoms. The van der Waals surface area contributed by atoms with Crippen LogP contribution in [0.3, 0.4) is 0 Å². The highest BCUT2D eigenvalue weighted by atomic mass is 35.5. The molecule has 6 rings (SSSR count). The van der Waals surface area contributed by atoms with Gasteiger partial charge in [-0.25, -0.2) is 4.98 Å². The summed E-state index contributed by atoms with van der Waals surface area (Å²) in [7, 11) is 0. The van der Waals surface area contributed by atoms with Crippen LogP contribution in [0.5, 0.6) is 5.75 Å². The maximum Gasteiger partial charge on any atom is 0.268 e. The number of rotatable bonds is 6. The number of ether oxygens (including phenoxy) is 1. The number of carbonyl (C=O) groups excluding carboxylic acids is 1. The van der Waals surface area contributed by atoms with Crippen molar-refractivity contribution in [2.75, 3.05) is 32.8 Å². The van der Waals surface area contributed by atoms with Crippen LogP contribution in [0.1, 0.15) is 42.5 Å². The van der Waals surface area contributed by atoms with Gasteiger partial charge in [-0.1, -0.05) is 30.2 Å². The fourth-order valence-electron chi connectivity index (χ4n) is 6.02. The van der Waals surface area contributed by atoms with Gasteiger partial charge in [0.25, 0.3) is 11.5 Å². The number of hydrogen-bond donors (Lipinski definition) is 2. The van der Waals surface area contributed by atoms with Crippen molar-refractivity contribution in [3.63, 3.8) is 0 Å². The van der Waals surface area contributed by atoms with Gasteiger partial charge in [-0.15, -0.1) is 0 Å². The zero-order valence-corrected chi connectivity index (χ0v) is 21.5. The lowest BCUT2D eigenvalue weighted by molar-refractivity contribution is -0.000679. The average Bonchev–Trinajstić information content (AvgIpc) is 2.86. The minimum Gasteiger partial charge on any atom is -0.506 e. The van der Waals surface area contributed by atoms with Gasteiger partial charge in [-0.2, -0.15) is 0 Å². The zero-order valence-electron chi connectivity index (χ0n) is 20.7. The number of morpholine rings is 1. The molecule has 8 nitrogen and oxygen atoms in total. The van der Waals surface area contributed by atoms with E-state index in [4.69, 9.17) is 16.3 Å². The Bertz CT molecular complexity index is 1390. The van der Waals surface area contributed by atoms with E-state index in [-0.39, 0.29) is 17.4 Å². The lowest BCUT2D eigenvalue weighted by atomic mass is 9.54. The molecule has 1 aliphatic heterocycles. The molecule has 0 radical (unpaired) electrons. The molecule has 2 aliphatic carbocycles. The van der Waals surface area contributed by atoms with Crippen molar-refractivity contribution in [3.05, 3.63) is 57.5 Å². The molecule has 1 aromatic carbocycles. The highest BCUT2D eigenvalue weighted by Crippen LogP contribution is 2.55. The Morgan fingerprint density at radius 3 is 2.54 bits per heavy atom. The Morgan fingerprint density at radius 2 is 1.86 bits per heavy atom. The summed E-state index contributed by atoms with van der Waals surface area (Å²) in [5.41, 5.74) is 1.66. The van der Waals surface area contributed by atoms with Gasteiger partial charge in [0, 0.05) is 49.0 Å². The number of amides is 1. The van der Waals surface area contributed by atoms with Crippen LogP contribution in [0.15, 0.2) is 41.3 Å². The minimum absolute atomic E-state index is 0.0441. The first-order chi connectivity index (χ1) is 17.9. The topological polar surface area (TPSA) is 96.7 Å². The van der Waals surface area contributed by atoms with Gasteiger partial charge in [0.2, 0.25) is 0 Å². The third-order valence-electron chi connectivity index (χ3n) is 8.33. The number of aromatic nitrogens is 2. The molecule has 1 saturated heterocycles. The number of pyridine rings is 2. The van der Waals surface area contributed by atoms with Gasteiger partial charge >= 0.3 is 0 Å². The Morgan fingerprint density at radius 1 is 1.14 bits per heavy atom. The van der Waals surface area contributed by atoms with Crippen LogP contribution in [0.25, 0.3) is 22.2 Å². The molecule has 3 aliphatic rings.